The van der Waals surface area contributed by atoms with Crippen LogP contribution in [0.25, 0.3) is 0 Å². The number of aliphatic hydroxyl groups excluding tert-OH is 3. The zero-order valence-electron chi connectivity index (χ0n) is 49.0. The van der Waals surface area contributed by atoms with Crippen LogP contribution in [0.4, 0.5) is 0 Å². The number of rotatable bonds is 61. The van der Waals surface area contributed by atoms with E-state index >= 15 is 0 Å². The highest BCUT2D eigenvalue weighted by Gasteiger charge is 2.26. The van der Waals surface area contributed by atoms with Gasteiger partial charge in [0.1, 0.15) is 6.10 Å². The Morgan fingerprint density at radius 3 is 1.08 bits per heavy atom. The topological polar surface area (TPSA) is 116 Å². The van der Waals surface area contributed by atoms with Crippen molar-refractivity contribution in [2.45, 2.75) is 372 Å². The van der Waals surface area contributed by atoms with Gasteiger partial charge in [0.2, 0.25) is 5.91 Å². The quantitative estimate of drug-likeness (QED) is 0.0209. The minimum Gasteiger partial charge on any atom is -0.463 e. The Kier molecular flexibility index (Phi) is 59.7. The summed E-state index contributed by atoms with van der Waals surface area (Å²) in [6.07, 6.45) is 72.8. The minimum absolute atomic E-state index is 0.145. The smallest absolute Gasteiger partial charge is 0.330 e. The molecule has 0 fully saturated rings. The third-order valence-corrected chi connectivity index (χ3v) is 15.4. The van der Waals surface area contributed by atoms with Gasteiger partial charge in [0, 0.05) is 12.5 Å². The predicted molar refractivity (Wildman–Crippen MR) is 316 cm³/mol. The first-order valence-corrected chi connectivity index (χ1v) is 32.7. The molecule has 3 atom stereocenters. The Morgan fingerprint density at radius 1 is 0.411 bits per heavy atom. The number of allylic oxidation sites excluding steroid dienone is 3. The van der Waals surface area contributed by atoms with Gasteiger partial charge in [-0.25, -0.2) is 4.79 Å². The van der Waals surface area contributed by atoms with Gasteiger partial charge in [-0.15, -0.1) is 0 Å². The zero-order valence-corrected chi connectivity index (χ0v) is 49.0. The fraction of sp³-hybridized carbons (Fsp3) is 0.909. The fourth-order valence-electron chi connectivity index (χ4n) is 10.4. The molecule has 73 heavy (non-hydrogen) atoms. The largest absolute Gasteiger partial charge is 0.463 e. The third-order valence-electron chi connectivity index (χ3n) is 15.4. The molecule has 0 aromatic heterocycles. The Labute approximate surface area is 454 Å². The molecule has 1 amide bonds. The van der Waals surface area contributed by atoms with Crippen LogP contribution in [0.2, 0.25) is 0 Å². The molecule has 0 heterocycles. The molecule has 432 valence electrons. The van der Waals surface area contributed by atoms with Crippen LogP contribution in [0.5, 0.6) is 0 Å². The van der Waals surface area contributed by atoms with Gasteiger partial charge in [0.05, 0.1) is 25.4 Å². The van der Waals surface area contributed by atoms with Gasteiger partial charge < -0.3 is 25.4 Å². The summed E-state index contributed by atoms with van der Waals surface area (Å²) in [5.41, 5.74) is 0. The lowest BCUT2D eigenvalue weighted by molar-refractivity contribution is -0.137. The molecule has 4 N–H and O–H groups in total. The molecule has 0 aliphatic rings. The van der Waals surface area contributed by atoms with Crippen LogP contribution in [-0.4, -0.2) is 58.7 Å². The molecule has 7 heteroatoms. The number of aliphatic hydroxyl groups is 3. The van der Waals surface area contributed by atoms with Crippen molar-refractivity contribution < 1.29 is 29.6 Å². The van der Waals surface area contributed by atoms with E-state index in [4.69, 9.17) is 4.74 Å². The maximum absolute atomic E-state index is 12.5. The van der Waals surface area contributed by atoms with Crippen LogP contribution in [0, 0.1) is 0 Å². The second kappa shape index (κ2) is 61.2. The van der Waals surface area contributed by atoms with Crippen molar-refractivity contribution in [3.63, 3.8) is 0 Å². The minimum atomic E-state index is -1.14. The summed E-state index contributed by atoms with van der Waals surface area (Å²) in [5.74, 6) is -0.358. The van der Waals surface area contributed by atoms with Crippen molar-refractivity contribution in [1.82, 2.24) is 5.32 Å². The molecule has 1 unspecified atom stereocenters. The second-order valence-electron chi connectivity index (χ2n) is 22.7. The van der Waals surface area contributed by atoms with E-state index in [0.29, 0.717) is 19.4 Å². The van der Waals surface area contributed by atoms with Crippen molar-refractivity contribution in [3.8, 4) is 0 Å². The molecule has 0 bridgehead atoms. The van der Waals surface area contributed by atoms with E-state index in [1.54, 1.807) is 6.08 Å². The van der Waals surface area contributed by atoms with E-state index in [0.717, 1.165) is 57.8 Å². The van der Waals surface area contributed by atoms with Gasteiger partial charge >= 0.3 is 5.97 Å². The van der Waals surface area contributed by atoms with Crippen LogP contribution >= 0.6 is 0 Å². The fourth-order valence-corrected chi connectivity index (χ4v) is 10.4. The van der Waals surface area contributed by atoms with Crippen molar-refractivity contribution in [1.29, 1.82) is 0 Å². The maximum Gasteiger partial charge on any atom is 0.330 e. The first-order valence-electron chi connectivity index (χ1n) is 32.7. The number of carbonyl (C=O) groups excluding carboxylic acids is 2. The van der Waals surface area contributed by atoms with Gasteiger partial charge in [-0.2, -0.15) is 0 Å². The Morgan fingerprint density at radius 2 is 0.726 bits per heavy atom. The van der Waals surface area contributed by atoms with Gasteiger partial charge in [-0.05, 0) is 32.1 Å². The highest BCUT2D eigenvalue weighted by Crippen LogP contribution is 2.19. The molecule has 0 aliphatic carbocycles. The molecule has 0 saturated carbocycles. The molecule has 7 nitrogen and oxygen atoms in total. The van der Waals surface area contributed by atoms with Crippen LogP contribution < -0.4 is 5.32 Å². The van der Waals surface area contributed by atoms with Crippen molar-refractivity contribution >= 4 is 11.9 Å². The third kappa shape index (κ3) is 56.3. The number of unbranched alkanes of at least 4 members (excludes halogenated alkanes) is 48. The van der Waals surface area contributed by atoms with Gasteiger partial charge in [-0.1, -0.05) is 334 Å². The SMILES string of the molecule is CCCCCCCCCCCCCC=CC=CC(=O)OCCCCCCCCCCCCCCCCCCCCCCCCCCCCCC(=O)N[C@H](CO)[C@H](O)C(O)CCCCCCCCCCCCCC. The van der Waals surface area contributed by atoms with Crippen LogP contribution in [0.15, 0.2) is 24.3 Å². The van der Waals surface area contributed by atoms with Crippen molar-refractivity contribution in [2.24, 2.45) is 0 Å². The van der Waals surface area contributed by atoms with Gasteiger partial charge in [0.25, 0.3) is 0 Å². The summed E-state index contributed by atoms with van der Waals surface area (Å²) in [6, 6.07) is -0.812. The van der Waals surface area contributed by atoms with E-state index in [1.165, 1.54) is 270 Å². The molecular weight excluding hydrogens is 903 g/mol. The van der Waals surface area contributed by atoms with Crippen molar-refractivity contribution in [2.75, 3.05) is 13.2 Å². The highest BCUT2D eigenvalue weighted by molar-refractivity contribution is 5.82. The highest BCUT2D eigenvalue weighted by atomic mass is 16.5. The normalized spacial score (nSPS) is 13.1. The number of hydrogen-bond acceptors (Lipinski definition) is 6. The molecular formula is C66H127NO6. The number of amides is 1. The predicted octanol–water partition coefficient (Wildman–Crippen LogP) is 19.6. The summed E-state index contributed by atoms with van der Waals surface area (Å²) >= 11 is 0. The molecule has 0 spiro atoms. The number of nitrogens with one attached hydrogen (secondary N) is 1. The number of hydrogen-bond donors (Lipinski definition) is 4. The summed E-state index contributed by atoms with van der Waals surface area (Å²) in [4.78, 5) is 24.5. The standard InChI is InChI=1S/C66H127NO6/c1-3-5-7-9-11-13-15-17-31-35-39-43-47-51-55-59-65(71)73-60-56-52-48-44-40-36-33-30-28-26-24-22-20-18-19-21-23-25-27-29-32-34-38-42-46-50-54-58-64(70)67-62(61-68)66(72)63(69)57-53-49-45-41-37-16-14-12-10-8-6-4-2/h47,51,55,59,62-63,66,68-69,72H,3-46,48-50,52-54,56-58,60-61H2,1-2H3,(H,67,70)/t62-,63?,66+/m1/s1. The molecule has 0 radical (unpaired) electrons. The zero-order chi connectivity index (χ0) is 53.0. The molecule has 0 saturated heterocycles. The number of carbonyl (C=O) groups is 2. The summed E-state index contributed by atoms with van der Waals surface area (Å²) in [7, 11) is 0. The monoisotopic (exact) mass is 1030 g/mol. The molecule has 0 rings (SSSR count). The van der Waals surface area contributed by atoms with E-state index in [2.05, 4.69) is 25.2 Å². The lowest BCUT2D eigenvalue weighted by Crippen LogP contribution is -2.50. The van der Waals surface area contributed by atoms with Gasteiger partial charge in [-0.3, -0.25) is 4.79 Å². The average molecular weight is 1030 g/mol. The summed E-state index contributed by atoms with van der Waals surface area (Å²) < 4.78 is 5.38. The first-order chi connectivity index (χ1) is 36.0. The average Bonchev–Trinajstić information content (AvgIpc) is 3.39. The molecule has 0 aromatic carbocycles. The van der Waals surface area contributed by atoms with Crippen LogP contribution in [-0.2, 0) is 14.3 Å². The number of ether oxygens (including phenoxy) is 1. The maximum atomic E-state index is 12.5. The van der Waals surface area contributed by atoms with Gasteiger partial charge in [0.15, 0.2) is 0 Å². The van der Waals surface area contributed by atoms with E-state index in [-0.39, 0.29) is 18.5 Å². The number of esters is 1. The van der Waals surface area contributed by atoms with E-state index in [9.17, 15) is 24.9 Å². The van der Waals surface area contributed by atoms with Crippen molar-refractivity contribution in [3.05, 3.63) is 24.3 Å². The summed E-state index contributed by atoms with van der Waals surface area (Å²) in [6.45, 7) is 4.72. The first kappa shape index (κ1) is 71.3. The van der Waals surface area contributed by atoms with Crippen LogP contribution in [0.3, 0.4) is 0 Å². The van der Waals surface area contributed by atoms with E-state index in [1.807, 2.05) is 12.2 Å². The Balaban J connectivity index is 3.41. The molecule has 0 aliphatic heterocycles. The molecule has 0 aromatic rings. The Bertz CT molecular complexity index is 1160. The lowest BCUT2D eigenvalue weighted by atomic mass is 9.99. The lowest BCUT2D eigenvalue weighted by Gasteiger charge is -2.26. The Hall–Kier alpha value is -1.70. The summed E-state index contributed by atoms with van der Waals surface area (Å²) in [5, 5.41) is 33.7. The van der Waals surface area contributed by atoms with E-state index < -0.39 is 18.2 Å². The second-order valence-corrected chi connectivity index (χ2v) is 22.7. The van der Waals surface area contributed by atoms with Crippen LogP contribution in [0.1, 0.15) is 354 Å².